The van der Waals surface area contributed by atoms with E-state index >= 15 is 0 Å². The Balaban J connectivity index is 1.52. The number of morpholine rings is 1. The summed E-state index contributed by atoms with van der Waals surface area (Å²) in [6, 6.07) is 13.2. The fraction of sp³-hybridized carbons (Fsp3) is 0.375. The lowest BCUT2D eigenvalue weighted by Gasteiger charge is -2.35. The highest BCUT2D eigenvalue weighted by Crippen LogP contribution is 2.34. The minimum Gasteiger partial charge on any atom is -0.372 e. The molecule has 0 radical (unpaired) electrons. The second-order valence-electron chi connectivity index (χ2n) is 8.18. The molecule has 8 heteroatoms. The Morgan fingerprint density at radius 1 is 1.09 bits per heavy atom. The van der Waals surface area contributed by atoms with Gasteiger partial charge in [-0.25, -0.2) is 0 Å². The van der Waals surface area contributed by atoms with Crippen LogP contribution in [0.25, 0.3) is 10.9 Å². The average molecular weight is 463 g/mol. The Morgan fingerprint density at radius 2 is 1.81 bits per heavy atom. The van der Waals surface area contributed by atoms with E-state index in [1.807, 2.05) is 53.8 Å². The van der Waals surface area contributed by atoms with Gasteiger partial charge in [-0.15, -0.1) is 11.8 Å². The van der Waals surface area contributed by atoms with Gasteiger partial charge in [-0.3, -0.25) is 4.79 Å². The molecule has 1 aromatic heterocycles. The summed E-state index contributed by atoms with van der Waals surface area (Å²) in [5, 5.41) is 0.987. The minimum atomic E-state index is -4.36. The molecule has 1 amide bonds. The van der Waals surface area contributed by atoms with Gasteiger partial charge in [-0.2, -0.15) is 13.2 Å². The molecule has 170 valence electrons. The molecule has 1 aliphatic rings. The molecule has 1 saturated heterocycles. The first-order valence-corrected chi connectivity index (χ1v) is 11.5. The number of rotatable bonds is 5. The maximum Gasteiger partial charge on any atom is 0.416 e. The molecule has 0 saturated carbocycles. The van der Waals surface area contributed by atoms with Crippen molar-refractivity contribution >= 4 is 28.6 Å². The van der Waals surface area contributed by atoms with E-state index in [1.54, 1.807) is 6.07 Å². The van der Waals surface area contributed by atoms with Gasteiger partial charge < -0.3 is 14.2 Å². The fourth-order valence-electron chi connectivity index (χ4n) is 4.08. The van der Waals surface area contributed by atoms with Crippen LogP contribution in [0.4, 0.5) is 13.2 Å². The molecule has 32 heavy (non-hydrogen) atoms. The first-order chi connectivity index (χ1) is 15.2. The fourth-order valence-corrected chi connectivity index (χ4v) is 5.12. The molecule has 0 N–H and O–H groups in total. The van der Waals surface area contributed by atoms with Crippen LogP contribution in [0.5, 0.6) is 0 Å². The van der Waals surface area contributed by atoms with Gasteiger partial charge in [-0.05, 0) is 31.5 Å². The van der Waals surface area contributed by atoms with Crippen molar-refractivity contribution in [3.05, 3.63) is 65.9 Å². The highest BCUT2D eigenvalue weighted by atomic mass is 32.2. The Labute approximate surface area is 189 Å². The molecular formula is C24H25F3N2O2S. The molecule has 4 nitrogen and oxygen atoms in total. The predicted octanol–water partition coefficient (Wildman–Crippen LogP) is 5.59. The second-order valence-corrected chi connectivity index (χ2v) is 9.20. The van der Waals surface area contributed by atoms with Crippen LogP contribution < -0.4 is 0 Å². The molecule has 0 unspecified atom stereocenters. The third-order valence-corrected chi connectivity index (χ3v) is 6.59. The van der Waals surface area contributed by atoms with E-state index in [4.69, 9.17) is 4.74 Å². The van der Waals surface area contributed by atoms with Crippen molar-refractivity contribution < 1.29 is 22.7 Å². The van der Waals surface area contributed by atoms with E-state index in [0.717, 1.165) is 21.9 Å². The molecule has 0 bridgehead atoms. The Kier molecular flexibility index (Phi) is 6.53. The maximum absolute atomic E-state index is 13.0. The largest absolute Gasteiger partial charge is 0.416 e. The lowest BCUT2D eigenvalue weighted by atomic mass is 10.1. The molecule has 0 spiro atoms. The number of fused-ring (bicyclic) bond motifs is 1. The Bertz CT molecular complexity index is 1100. The standard InChI is InChI=1S/C24H25F3N2O2S/c1-16-11-29(12-17(2)31-16)23(30)14-28-13-22(20-8-3-4-9-21(20)28)32-15-18-6-5-7-19(10-18)24(25,26)27/h3-10,13,16-17H,11-12,14-15H2,1-2H3/t16-,17+. The lowest BCUT2D eigenvalue weighted by molar-refractivity contribution is -0.143. The highest BCUT2D eigenvalue weighted by Gasteiger charge is 2.30. The van der Waals surface area contributed by atoms with Crippen molar-refractivity contribution in [3.8, 4) is 0 Å². The third kappa shape index (κ3) is 5.13. The third-order valence-electron chi connectivity index (χ3n) is 5.48. The van der Waals surface area contributed by atoms with Crippen molar-refractivity contribution in [1.82, 2.24) is 9.47 Å². The van der Waals surface area contributed by atoms with Crippen molar-refractivity contribution in [2.75, 3.05) is 13.1 Å². The lowest BCUT2D eigenvalue weighted by Crippen LogP contribution is -2.49. The van der Waals surface area contributed by atoms with Crippen LogP contribution in [0.15, 0.2) is 59.6 Å². The zero-order valence-electron chi connectivity index (χ0n) is 17.9. The summed E-state index contributed by atoms with van der Waals surface area (Å²) in [7, 11) is 0. The van der Waals surface area contributed by atoms with Crippen LogP contribution in [0.1, 0.15) is 25.0 Å². The summed E-state index contributed by atoms with van der Waals surface area (Å²) in [6.45, 7) is 5.27. The summed E-state index contributed by atoms with van der Waals surface area (Å²) < 4.78 is 46.7. The Morgan fingerprint density at radius 3 is 2.53 bits per heavy atom. The number of para-hydroxylation sites is 1. The van der Waals surface area contributed by atoms with Gasteiger partial charge in [0.2, 0.25) is 5.91 Å². The van der Waals surface area contributed by atoms with Crippen molar-refractivity contribution in [2.45, 2.75) is 49.4 Å². The van der Waals surface area contributed by atoms with Gasteiger partial charge >= 0.3 is 6.18 Å². The summed E-state index contributed by atoms with van der Waals surface area (Å²) >= 11 is 1.47. The molecule has 0 aliphatic carbocycles. The van der Waals surface area contributed by atoms with Gasteiger partial charge in [0.05, 0.1) is 17.8 Å². The molecule has 3 aromatic rings. The van der Waals surface area contributed by atoms with Crippen LogP contribution in [-0.4, -0.2) is 40.7 Å². The molecule has 1 fully saturated rings. The molecule has 2 aromatic carbocycles. The van der Waals surface area contributed by atoms with Crippen LogP contribution >= 0.6 is 11.8 Å². The second kappa shape index (κ2) is 9.19. The van der Waals surface area contributed by atoms with Crippen molar-refractivity contribution in [2.24, 2.45) is 0 Å². The topological polar surface area (TPSA) is 34.5 Å². The predicted molar refractivity (Wildman–Crippen MR) is 120 cm³/mol. The number of carbonyl (C=O) groups is 1. The van der Waals surface area contributed by atoms with Gasteiger partial charge in [0.1, 0.15) is 6.54 Å². The molecule has 4 rings (SSSR count). The molecule has 2 heterocycles. The highest BCUT2D eigenvalue weighted by molar-refractivity contribution is 7.98. The first-order valence-electron chi connectivity index (χ1n) is 10.5. The van der Waals surface area contributed by atoms with Gasteiger partial charge in [0.25, 0.3) is 0 Å². The smallest absolute Gasteiger partial charge is 0.372 e. The number of hydrogen-bond acceptors (Lipinski definition) is 3. The number of aromatic nitrogens is 1. The minimum absolute atomic E-state index is 0.00249. The number of benzene rings is 2. The summed E-state index contributed by atoms with van der Waals surface area (Å²) in [5.74, 6) is 0.437. The van der Waals surface area contributed by atoms with Crippen LogP contribution in [0.2, 0.25) is 0 Å². The van der Waals surface area contributed by atoms with Crippen LogP contribution in [0.3, 0.4) is 0 Å². The number of hydrogen-bond donors (Lipinski definition) is 0. The average Bonchev–Trinajstić information content (AvgIpc) is 3.09. The Hall–Kier alpha value is -2.45. The number of ether oxygens (including phenoxy) is 1. The number of halogens is 3. The van der Waals surface area contributed by atoms with Crippen molar-refractivity contribution in [3.63, 3.8) is 0 Å². The number of alkyl halides is 3. The zero-order chi connectivity index (χ0) is 22.9. The van der Waals surface area contributed by atoms with E-state index in [1.165, 1.54) is 23.9 Å². The SMILES string of the molecule is C[C@@H]1CN(C(=O)Cn2cc(SCc3cccc(C(F)(F)F)c3)c3ccccc32)C[C@H](C)O1. The van der Waals surface area contributed by atoms with Gasteiger partial charge in [0.15, 0.2) is 0 Å². The van der Waals surface area contributed by atoms with E-state index in [2.05, 4.69) is 0 Å². The monoisotopic (exact) mass is 462 g/mol. The molecular weight excluding hydrogens is 437 g/mol. The van der Waals surface area contributed by atoms with Gasteiger partial charge in [0, 0.05) is 40.8 Å². The number of carbonyl (C=O) groups excluding carboxylic acids is 1. The van der Waals surface area contributed by atoms with Gasteiger partial charge in [-0.1, -0.05) is 36.4 Å². The quantitative estimate of drug-likeness (QED) is 0.464. The number of nitrogens with zero attached hydrogens (tertiary/aromatic N) is 2. The van der Waals surface area contributed by atoms with E-state index in [9.17, 15) is 18.0 Å². The van der Waals surface area contributed by atoms with E-state index in [0.29, 0.717) is 24.4 Å². The van der Waals surface area contributed by atoms with Crippen molar-refractivity contribution in [1.29, 1.82) is 0 Å². The summed E-state index contributed by atoms with van der Waals surface area (Å²) in [5.41, 5.74) is 0.897. The number of amides is 1. The van der Waals surface area contributed by atoms with Crippen LogP contribution in [0, 0.1) is 0 Å². The van der Waals surface area contributed by atoms with E-state index in [-0.39, 0.29) is 24.7 Å². The molecule has 2 atom stereocenters. The van der Waals surface area contributed by atoms with Crippen LogP contribution in [-0.2, 0) is 28.0 Å². The number of thioether (sulfide) groups is 1. The zero-order valence-corrected chi connectivity index (χ0v) is 18.7. The summed E-state index contributed by atoms with van der Waals surface area (Å²) in [4.78, 5) is 15.7. The summed E-state index contributed by atoms with van der Waals surface area (Å²) in [6.07, 6.45) is -2.43. The maximum atomic E-state index is 13.0. The molecule has 1 aliphatic heterocycles. The first kappa shape index (κ1) is 22.7. The van der Waals surface area contributed by atoms with E-state index < -0.39 is 11.7 Å². The normalized spacial score (nSPS) is 19.5.